The van der Waals surface area contributed by atoms with E-state index >= 15 is 0 Å². The van der Waals surface area contributed by atoms with Crippen molar-refractivity contribution in [2.75, 3.05) is 0 Å². The van der Waals surface area contributed by atoms with Crippen molar-refractivity contribution in [3.05, 3.63) is 69.2 Å². The fourth-order valence-electron chi connectivity index (χ4n) is 1.98. The highest BCUT2D eigenvalue weighted by atomic mass is 35.5. The molecule has 94 valence electrons. The van der Waals surface area contributed by atoms with Crippen molar-refractivity contribution in [1.29, 1.82) is 0 Å². The number of nitrogens with one attached hydrogen (secondary N) is 1. The lowest BCUT2D eigenvalue weighted by molar-refractivity contribution is 0.637. The van der Waals surface area contributed by atoms with Crippen LogP contribution in [0, 0.1) is 6.92 Å². The van der Waals surface area contributed by atoms with Gasteiger partial charge in [-0.15, -0.1) is 0 Å². The Morgan fingerprint density at radius 3 is 2.22 bits per heavy atom. The molecule has 0 saturated carbocycles. The number of hydrogen-bond acceptors (Lipinski definition) is 2. The first-order valence-electron chi connectivity index (χ1n) is 5.60. The number of nitrogens with two attached hydrogens (primary N) is 1. The van der Waals surface area contributed by atoms with E-state index in [1.54, 1.807) is 0 Å². The summed E-state index contributed by atoms with van der Waals surface area (Å²) in [7, 11) is 0. The molecule has 0 fully saturated rings. The van der Waals surface area contributed by atoms with E-state index in [0.717, 1.165) is 16.7 Å². The van der Waals surface area contributed by atoms with Gasteiger partial charge in [0.15, 0.2) is 0 Å². The largest absolute Gasteiger partial charge is 0.271 e. The molecule has 0 heterocycles. The molecule has 3 N–H and O–H groups in total. The normalized spacial score (nSPS) is 12.4. The number of halogens is 2. The second kappa shape index (κ2) is 5.72. The third kappa shape index (κ3) is 2.68. The van der Waals surface area contributed by atoms with Crippen LogP contribution < -0.4 is 11.3 Å². The Kier molecular flexibility index (Phi) is 4.25. The predicted octanol–water partition coefficient (Wildman–Crippen LogP) is 3.85. The maximum Gasteiger partial charge on any atom is 0.0739 e. The third-order valence-electron chi connectivity index (χ3n) is 2.83. The van der Waals surface area contributed by atoms with Crippen LogP contribution in [0.15, 0.2) is 42.5 Å². The summed E-state index contributed by atoms with van der Waals surface area (Å²) in [6.07, 6.45) is 0. The zero-order chi connectivity index (χ0) is 13.1. The second-order valence-electron chi connectivity index (χ2n) is 4.15. The van der Waals surface area contributed by atoms with Gasteiger partial charge in [-0.05, 0) is 24.6 Å². The van der Waals surface area contributed by atoms with E-state index in [-0.39, 0.29) is 6.04 Å². The van der Waals surface area contributed by atoms with E-state index in [2.05, 4.69) is 11.5 Å². The summed E-state index contributed by atoms with van der Waals surface area (Å²) in [5, 5.41) is 1.21. The molecule has 2 rings (SSSR count). The van der Waals surface area contributed by atoms with Gasteiger partial charge >= 0.3 is 0 Å². The molecule has 0 spiro atoms. The zero-order valence-corrected chi connectivity index (χ0v) is 11.5. The third-order valence-corrected chi connectivity index (χ3v) is 3.49. The number of hydrazine groups is 1. The Morgan fingerprint density at radius 2 is 1.67 bits per heavy atom. The van der Waals surface area contributed by atoms with Crippen LogP contribution in [0.5, 0.6) is 0 Å². The van der Waals surface area contributed by atoms with Crippen molar-refractivity contribution in [2.24, 2.45) is 5.84 Å². The van der Waals surface area contributed by atoms with Crippen LogP contribution in [-0.2, 0) is 0 Å². The minimum absolute atomic E-state index is 0.217. The maximum atomic E-state index is 6.21. The molecular weight excluding hydrogens is 267 g/mol. The first kappa shape index (κ1) is 13.4. The van der Waals surface area contributed by atoms with Crippen molar-refractivity contribution in [1.82, 2.24) is 5.43 Å². The van der Waals surface area contributed by atoms with Gasteiger partial charge in [0, 0.05) is 15.6 Å². The van der Waals surface area contributed by atoms with Crippen molar-refractivity contribution >= 4 is 23.2 Å². The molecule has 18 heavy (non-hydrogen) atoms. The fraction of sp³-hybridized carbons (Fsp3) is 0.143. The van der Waals surface area contributed by atoms with Crippen LogP contribution in [0.2, 0.25) is 10.0 Å². The molecule has 2 aromatic carbocycles. The van der Waals surface area contributed by atoms with E-state index in [9.17, 15) is 0 Å². The highest BCUT2D eigenvalue weighted by molar-refractivity contribution is 6.36. The molecule has 2 nitrogen and oxygen atoms in total. The molecule has 2 aromatic rings. The van der Waals surface area contributed by atoms with Gasteiger partial charge in [0.2, 0.25) is 0 Å². The van der Waals surface area contributed by atoms with Gasteiger partial charge in [-0.2, -0.15) is 0 Å². The standard InChI is InChI=1S/C14H14Cl2N2/c1-9-4-2-5-10(8-9)14(18-17)13-11(15)6-3-7-12(13)16/h2-8,14,18H,17H2,1H3. The lowest BCUT2D eigenvalue weighted by Crippen LogP contribution is -2.29. The topological polar surface area (TPSA) is 38.0 Å². The highest BCUT2D eigenvalue weighted by Gasteiger charge is 2.18. The number of aryl methyl sites for hydroxylation is 1. The molecule has 4 heteroatoms. The lowest BCUT2D eigenvalue weighted by atomic mass is 9.98. The lowest BCUT2D eigenvalue weighted by Gasteiger charge is -2.20. The van der Waals surface area contributed by atoms with Gasteiger partial charge < -0.3 is 0 Å². The summed E-state index contributed by atoms with van der Waals surface area (Å²) in [6.45, 7) is 2.03. The van der Waals surface area contributed by atoms with Crippen LogP contribution in [0.4, 0.5) is 0 Å². The quantitative estimate of drug-likeness (QED) is 0.662. The summed E-state index contributed by atoms with van der Waals surface area (Å²) < 4.78 is 0. The zero-order valence-electron chi connectivity index (χ0n) is 9.95. The molecule has 1 unspecified atom stereocenters. The van der Waals surface area contributed by atoms with Crippen LogP contribution in [0.3, 0.4) is 0 Å². The van der Waals surface area contributed by atoms with Crippen LogP contribution in [-0.4, -0.2) is 0 Å². The average Bonchev–Trinajstić information content (AvgIpc) is 2.34. The fourth-order valence-corrected chi connectivity index (χ4v) is 2.60. The van der Waals surface area contributed by atoms with Gasteiger partial charge in [-0.3, -0.25) is 5.84 Å². The van der Waals surface area contributed by atoms with Gasteiger partial charge in [-0.1, -0.05) is 59.1 Å². The minimum Gasteiger partial charge on any atom is -0.271 e. The Labute approximate surface area is 117 Å². The second-order valence-corrected chi connectivity index (χ2v) is 4.96. The van der Waals surface area contributed by atoms with Gasteiger partial charge in [-0.25, -0.2) is 5.43 Å². The molecule has 0 saturated heterocycles. The minimum atomic E-state index is -0.217. The smallest absolute Gasteiger partial charge is 0.0739 e. The molecule has 1 atom stereocenters. The molecule has 0 radical (unpaired) electrons. The molecule has 0 aliphatic heterocycles. The molecule has 0 aromatic heterocycles. The average molecular weight is 281 g/mol. The van der Waals surface area contributed by atoms with E-state index in [1.807, 2.05) is 43.3 Å². The summed E-state index contributed by atoms with van der Waals surface area (Å²) in [4.78, 5) is 0. The van der Waals surface area contributed by atoms with Crippen LogP contribution >= 0.6 is 23.2 Å². The Balaban J connectivity index is 2.52. The highest BCUT2D eigenvalue weighted by Crippen LogP contribution is 2.33. The SMILES string of the molecule is Cc1cccc(C(NN)c2c(Cl)cccc2Cl)c1. The van der Waals surface area contributed by atoms with E-state index in [0.29, 0.717) is 10.0 Å². The molecular formula is C14H14Cl2N2. The predicted molar refractivity (Wildman–Crippen MR) is 76.8 cm³/mol. The molecule has 0 aliphatic rings. The van der Waals surface area contributed by atoms with Gasteiger partial charge in [0.05, 0.1) is 6.04 Å². The van der Waals surface area contributed by atoms with Crippen molar-refractivity contribution < 1.29 is 0 Å². The summed E-state index contributed by atoms with van der Waals surface area (Å²) in [5.41, 5.74) is 5.77. The van der Waals surface area contributed by atoms with E-state index in [4.69, 9.17) is 29.0 Å². The number of hydrogen-bond donors (Lipinski definition) is 2. The maximum absolute atomic E-state index is 6.21. The molecule has 0 bridgehead atoms. The monoisotopic (exact) mass is 280 g/mol. The summed E-state index contributed by atoms with van der Waals surface area (Å²) in [6, 6.07) is 13.3. The van der Waals surface area contributed by atoms with Crippen molar-refractivity contribution in [3.63, 3.8) is 0 Å². The van der Waals surface area contributed by atoms with Gasteiger partial charge in [0.1, 0.15) is 0 Å². The molecule has 0 aliphatic carbocycles. The van der Waals surface area contributed by atoms with Crippen LogP contribution in [0.1, 0.15) is 22.7 Å². The summed E-state index contributed by atoms with van der Waals surface area (Å²) >= 11 is 12.4. The first-order valence-corrected chi connectivity index (χ1v) is 6.35. The van der Waals surface area contributed by atoms with Crippen LogP contribution in [0.25, 0.3) is 0 Å². The Morgan fingerprint density at radius 1 is 1.06 bits per heavy atom. The van der Waals surface area contributed by atoms with Gasteiger partial charge in [0.25, 0.3) is 0 Å². The number of rotatable bonds is 3. The van der Waals surface area contributed by atoms with Crippen molar-refractivity contribution in [3.8, 4) is 0 Å². The Bertz CT molecular complexity index is 535. The Hall–Kier alpha value is -1.06. The first-order chi connectivity index (χ1) is 8.63. The van der Waals surface area contributed by atoms with E-state index in [1.165, 1.54) is 0 Å². The van der Waals surface area contributed by atoms with Crippen molar-refractivity contribution in [2.45, 2.75) is 13.0 Å². The van der Waals surface area contributed by atoms with E-state index < -0.39 is 0 Å². The number of benzene rings is 2. The summed E-state index contributed by atoms with van der Waals surface area (Å²) in [5.74, 6) is 5.66. The molecule has 0 amide bonds.